The lowest BCUT2D eigenvalue weighted by Gasteiger charge is -2.11. The summed E-state index contributed by atoms with van der Waals surface area (Å²) >= 11 is 0. The standard InChI is InChI=1S/C10H13NO3/c1-2-14-10(13)6-4-8-11-7-3-5-9(11)12/h2,4,6H,1,3,5,7-8H2. The van der Waals surface area contributed by atoms with E-state index in [0.717, 1.165) is 19.2 Å². The molecule has 1 saturated heterocycles. The third-order valence-corrected chi connectivity index (χ3v) is 1.95. The highest BCUT2D eigenvalue weighted by molar-refractivity contribution is 5.82. The van der Waals surface area contributed by atoms with Gasteiger partial charge >= 0.3 is 5.97 Å². The summed E-state index contributed by atoms with van der Waals surface area (Å²) in [7, 11) is 0. The number of amides is 1. The van der Waals surface area contributed by atoms with Gasteiger partial charge in [-0.1, -0.05) is 12.7 Å². The van der Waals surface area contributed by atoms with Crippen molar-refractivity contribution in [3.63, 3.8) is 0 Å². The van der Waals surface area contributed by atoms with Gasteiger partial charge in [-0.15, -0.1) is 0 Å². The van der Waals surface area contributed by atoms with Crippen molar-refractivity contribution in [2.24, 2.45) is 0 Å². The van der Waals surface area contributed by atoms with Crippen LogP contribution in [0.25, 0.3) is 0 Å². The summed E-state index contributed by atoms with van der Waals surface area (Å²) in [5.74, 6) is -0.321. The van der Waals surface area contributed by atoms with Gasteiger partial charge in [-0.25, -0.2) is 4.79 Å². The number of hydrogen-bond donors (Lipinski definition) is 0. The fraction of sp³-hybridized carbons (Fsp3) is 0.400. The number of ether oxygens (including phenoxy) is 1. The maximum atomic E-state index is 11.1. The maximum Gasteiger partial charge on any atom is 0.335 e. The third-order valence-electron chi connectivity index (χ3n) is 1.95. The normalized spacial score (nSPS) is 16.3. The van der Waals surface area contributed by atoms with Crippen molar-refractivity contribution in [1.82, 2.24) is 4.90 Å². The molecule has 0 aromatic heterocycles. The number of rotatable bonds is 4. The maximum absolute atomic E-state index is 11.1. The Bertz CT molecular complexity index is 271. The molecule has 1 fully saturated rings. The highest BCUT2D eigenvalue weighted by Crippen LogP contribution is 2.08. The number of carbonyl (C=O) groups excluding carboxylic acids is 2. The highest BCUT2D eigenvalue weighted by atomic mass is 16.5. The van der Waals surface area contributed by atoms with Gasteiger partial charge in [-0.2, -0.15) is 0 Å². The Kier molecular flexibility index (Phi) is 3.91. The molecule has 14 heavy (non-hydrogen) atoms. The second-order valence-electron chi connectivity index (χ2n) is 2.95. The van der Waals surface area contributed by atoms with E-state index in [1.165, 1.54) is 6.08 Å². The summed E-state index contributed by atoms with van der Waals surface area (Å²) in [6, 6.07) is 0. The first kappa shape index (κ1) is 10.5. The van der Waals surface area contributed by atoms with Crippen molar-refractivity contribution in [3.05, 3.63) is 25.0 Å². The Hall–Kier alpha value is -1.58. The number of carbonyl (C=O) groups is 2. The summed E-state index contributed by atoms with van der Waals surface area (Å²) < 4.78 is 4.47. The molecule has 0 unspecified atom stereocenters. The molecule has 76 valence electrons. The molecule has 1 rings (SSSR count). The summed E-state index contributed by atoms with van der Waals surface area (Å²) in [4.78, 5) is 23.7. The molecule has 4 heteroatoms. The predicted molar refractivity (Wildman–Crippen MR) is 51.2 cm³/mol. The molecule has 0 spiro atoms. The van der Waals surface area contributed by atoms with Crippen molar-refractivity contribution in [3.8, 4) is 0 Å². The Labute approximate surface area is 82.8 Å². The fourth-order valence-electron chi connectivity index (χ4n) is 1.29. The van der Waals surface area contributed by atoms with E-state index in [1.807, 2.05) is 0 Å². The van der Waals surface area contributed by atoms with Crippen LogP contribution in [0, 0.1) is 0 Å². The van der Waals surface area contributed by atoms with E-state index in [0.29, 0.717) is 13.0 Å². The molecule has 0 saturated carbocycles. The predicted octanol–water partition coefficient (Wildman–Crippen LogP) is 0.852. The number of hydrogen-bond acceptors (Lipinski definition) is 3. The Morgan fingerprint density at radius 3 is 3.00 bits per heavy atom. The zero-order chi connectivity index (χ0) is 10.4. The molecule has 0 N–H and O–H groups in total. The van der Waals surface area contributed by atoms with Crippen LogP contribution in [-0.2, 0) is 14.3 Å². The first-order valence-corrected chi connectivity index (χ1v) is 4.50. The molecule has 1 amide bonds. The van der Waals surface area contributed by atoms with Gasteiger partial charge in [0.15, 0.2) is 0 Å². The zero-order valence-corrected chi connectivity index (χ0v) is 7.94. The average molecular weight is 195 g/mol. The van der Waals surface area contributed by atoms with Crippen molar-refractivity contribution >= 4 is 11.9 Å². The molecule has 1 aliphatic heterocycles. The van der Waals surface area contributed by atoms with Crippen LogP contribution in [0.2, 0.25) is 0 Å². The third kappa shape index (κ3) is 3.05. The molecule has 1 aliphatic rings. The molecule has 4 nitrogen and oxygen atoms in total. The van der Waals surface area contributed by atoms with Gasteiger partial charge in [0.2, 0.25) is 5.91 Å². The Morgan fingerprint density at radius 1 is 1.64 bits per heavy atom. The summed E-state index contributed by atoms with van der Waals surface area (Å²) in [5, 5.41) is 0. The van der Waals surface area contributed by atoms with E-state index in [4.69, 9.17) is 0 Å². The minimum Gasteiger partial charge on any atom is -0.432 e. The molecule has 0 radical (unpaired) electrons. The highest BCUT2D eigenvalue weighted by Gasteiger charge is 2.18. The lowest BCUT2D eigenvalue weighted by Crippen LogP contribution is -2.24. The first-order chi connectivity index (χ1) is 6.74. The van der Waals surface area contributed by atoms with E-state index in [2.05, 4.69) is 11.3 Å². The van der Waals surface area contributed by atoms with Crippen LogP contribution in [0.3, 0.4) is 0 Å². The van der Waals surface area contributed by atoms with Crippen LogP contribution >= 0.6 is 0 Å². The topological polar surface area (TPSA) is 46.6 Å². The van der Waals surface area contributed by atoms with E-state index >= 15 is 0 Å². The van der Waals surface area contributed by atoms with Gasteiger partial charge in [-0.05, 0) is 6.42 Å². The number of nitrogens with zero attached hydrogens (tertiary/aromatic N) is 1. The fourth-order valence-corrected chi connectivity index (χ4v) is 1.29. The van der Waals surface area contributed by atoms with Crippen molar-refractivity contribution in [1.29, 1.82) is 0 Å². The van der Waals surface area contributed by atoms with Crippen molar-refractivity contribution in [2.45, 2.75) is 12.8 Å². The second-order valence-corrected chi connectivity index (χ2v) is 2.95. The molecule has 0 aromatic carbocycles. The molecule has 0 aromatic rings. The van der Waals surface area contributed by atoms with Crippen LogP contribution in [-0.4, -0.2) is 29.9 Å². The average Bonchev–Trinajstić information content (AvgIpc) is 2.52. The second kappa shape index (κ2) is 5.21. The summed E-state index contributed by atoms with van der Waals surface area (Å²) in [6.45, 7) is 4.51. The van der Waals surface area contributed by atoms with E-state index in [9.17, 15) is 9.59 Å². The van der Waals surface area contributed by atoms with Crippen molar-refractivity contribution in [2.75, 3.05) is 13.1 Å². The Balaban J connectivity index is 2.28. The van der Waals surface area contributed by atoms with Gasteiger partial charge in [0, 0.05) is 25.6 Å². The van der Waals surface area contributed by atoms with Gasteiger partial charge in [0.25, 0.3) is 0 Å². The molecule has 1 heterocycles. The largest absolute Gasteiger partial charge is 0.432 e. The first-order valence-electron chi connectivity index (χ1n) is 4.50. The number of likely N-dealkylation sites (tertiary alicyclic amines) is 1. The zero-order valence-electron chi connectivity index (χ0n) is 7.94. The van der Waals surface area contributed by atoms with Crippen LogP contribution in [0.5, 0.6) is 0 Å². The molecular weight excluding hydrogens is 182 g/mol. The summed E-state index contributed by atoms with van der Waals surface area (Å²) in [5.41, 5.74) is 0. The summed E-state index contributed by atoms with van der Waals surface area (Å²) in [6.07, 6.45) is 5.52. The SMILES string of the molecule is C=COC(=O)C=CCN1CCCC1=O. The monoisotopic (exact) mass is 195 g/mol. The van der Waals surface area contributed by atoms with Crippen molar-refractivity contribution < 1.29 is 14.3 Å². The van der Waals surface area contributed by atoms with Gasteiger partial charge in [0.05, 0.1) is 6.26 Å². The van der Waals surface area contributed by atoms with Crippen LogP contribution < -0.4 is 0 Å². The van der Waals surface area contributed by atoms with Gasteiger partial charge in [-0.3, -0.25) is 4.79 Å². The quantitative estimate of drug-likeness (QED) is 0.379. The lowest BCUT2D eigenvalue weighted by molar-refractivity contribution is -0.132. The van der Waals surface area contributed by atoms with Crippen LogP contribution in [0.1, 0.15) is 12.8 Å². The van der Waals surface area contributed by atoms with Crippen LogP contribution in [0.4, 0.5) is 0 Å². The Morgan fingerprint density at radius 2 is 2.43 bits per heavy atom. The minimum atomic E-state index is -0.466. The molecule has 0 aliphatic carbocycles. The molecule has 0 bridgehead atoms. The van der Waals surface area contributed by atoms with E-state index < -0.39 is 5.97 Å². The van der Waals surface area contributed by atoms with E-state index in [-0.39, 0.29) is 5.91 Å². The van der Waals surface area contributed by atoms with Gasteiger partial charge < -0.3 is 9.64 Å². The van der Waals surface area contributed by atoms with Gasteiger partial charge in [0.1, 0.15) is 0 Å². The van der Waals surface area contributed by atoms with E-state index in [1.54, 1.807) is 11.0 Å². The molecular formula is C10H13NO3. The van der Waals surface area contributed by atoms with Crippen LogP contribution in [0.15, 0.2) is 25.0 Å². The minimum absolute atomic E-state index is 0.145. The lowest BCUT2D eigenvalue weighted by atomic mass is 10.4. The number of esters is 1. The smallest absolute Gasteiger partial charge is 0.335 e. The molecule has 0 atom stereocenters.